The zero-order valence-electron chi connectivity index (χ0n) is 12.7. The number of thiophene rings is 1. The monoisotopic (exact) mass is 298 g/mol. The molecule has 0 aliphatic rings. The molecule has 0 saturated carbocycles. The number of nitrogens with zero attached hydrogens (tertiary/aromatic N) is 2. The molecule has 0 aliphatic heterocycles. The van der Waals surface area contributed by atoms with Gasteiger partial charge in [-0.2, -0.15) is 0 Å². The molecule has 1 aromatic carbocycles. The van der Waals surface area contributed by atoms with Crippen LogP contribution in [0.3, 0.4) is 0 Å². The maximum Gasteiger partial charge on any atom is 0.262 e. The van der Waals surface area contributed by atoms with Crippen molar-refractivity contribution < 1.29 is 0 Å². The van der Waals surface area contributed by atoms with E-state index in [0.29, 0.717) is 6.54 Å². The van der Waals surface area contributed by atoms with Gasteiger partial charge in [-0.1, -0.05) is 23.8 Å². The lowest BCUT2D eigenvalue weighted by molar-refractivity contribution is 0.744. The van der Waals surface area contributed by atoms with Gasteiger partial charge in [0.1, 0.15) is 4.83 Å². The molecule has 0 atom stereocenters. The predicted molar refractivity (Wildman–Crippen MR) is 88.4 cm³/mol. The maximum atomic E-state index is 12.7. The van der Waals surface area contributed by atoms with Crippen molar-refractivity contribution in [2.24, 2.45) is 0 Å². The third-order valence-corrected chi connectivity index (χ3v) is 5.12. The smallest absolute Gasteiger partial charge is 0.262 e. The molecule has 0 saturated heterocycles. The highest BCUT2D eigenvalue weighted by atomic mass is 32.1. The summed E-state index contributed by atoms with van der Waals surface area (Å²) in [7, 11) is 0. The molecule has 108 valence electrons. The number of aromatic nitrogens is 2. The standard InChI is InChI=1S/C17H18N2OS/c1-10-5-6-11(2)14(7-10)8-19-9-18-16-15(17(19)20)12(3)13(4)21-16/h5-7,9H,8H2,1-4H3. The third-order valence-electron chi connectivity index (χ3n) is 4.00. The number of fused-ring (bicyclic) bond motifs is 1. The molecular weight excluding hydrogens is 280 g/mol. The number of aryl methyl sites for hydroxylation is 4. The Morgan fingerprint density at radius 2 is 1.95 bits per heavy atom. The summed E-state index contributed by atoms with van der Waals surface area (Å²) in [4.78, 5) is 19.2. The van der Waals surface area contributed by atoms with E-state index in [1.807, 2.05) is 13.8 Å². The highest BCUT2D eigenvalue weighted by Gasteiger charge is 2.12. The summed E-state index contributed by atoms with van der Waals surface area (Å²) >= 11 is 1.59. The predicted octanol–water partition coefficient (Wildman–Crippen LogP) is 3.74. The molecule has 3 rings (SSSR count). The summed E-state index contributed by atoms with van der Waals surface area (Å²) in [6.07, 6.45) is 1.67. The molecule has 0 unspecified atom stereocenters. The van der Waals surface area contributed by atoms with Crippen molar-refractivity contribution in [3.63, 3.8) is 0 Å². The van der Waals surface area contributed by atoms with Gasteiger partial charge in [0.2, 0.25) is 0 Å². The molecule has 0 amide bonds. The van der Waals surface area contributed by atoms with Gasteiger partial charge in [-0.05, 0) is 44.4 Å². The molecule has 0 fully saturated rings. The summed E-state index contributed by atoms with van der Waals surface area (Å²) < 4.78 is 1.71. The Labute approximate surface area is 127 Å². The van der Waals surface area contributed by atoms with E-state index in [-0.39, 0.29) is 5.56 Å². The molecule has 0 N–H and O–H groups in total. The molecular formula is C17H18N2OS. The van der Waals surface area contributed by atoms with Gasteiger partial charge in [0.05, 0.1) is 18.3 Å². The second-order valence-corrected chi connectivity index (χ2v) is 6.77. The van der Waals surface area contributed by atoms with Crippen LogP contribution in [0.4, 0.5) is 0 Å². The molecule has 0 aliphatic carbocycles. The Morgan fingerprint density at radius 1 is 1.19 bits per heavy atom. The van der Waals surface area contributed by atoms with E-state index in [0.717, 1.165) is 15.8 Å². The van der Waals surface area contributed by atoms with Gasteiger partial charge in [-0.15, -0.1) is 11.3 Å². The lowest BCUT2D eigenvalue weighted by Gasteiger charge is -2.09. The average molecular weight is 298 g/mol. The van der Waals surface area contributed by atoms with Crippen LogP contribution in [0.1, 0.15) is 27.1 Å². The molecule has 0 bridgehead atoms. The third kappa shape index (κ3) is 2.40. The first-order valence-corrected chi connectivity index (χ1v) is 7.80. The summed E-state index contributed by atoms with van der Waals surface area (Å²) in [5, 5.41) is 0.769. The molecule has 2 heterocycles. The lowest BCUT2D eigenvalue weighted by atomic mass is 10.1. The van der Waals surface area contributed by atoms with Gasteiger partial charge < -0.3 is 0 Å². The van der Waals surface area contributed by atoms with Crippen molar-refractivity contribution in [2.45, 2.75) is 34.2 Å². The fourth-order valence-electron chi connectivity index (χ4n) is 2.54. The van der Waals surface area contributed by atoms with Gasteiger partial charge in [0.25, 0.3) is 5.56 Å². The van der Waals surface area contributed by atoms with Crippen LogP contribution in [0.2, 0.25) is 0 Å². The topological polar surface area (TPSA) is 34.9 Å². The zero-order valence-corrected chi connectivity index (χ0v) is 13.5. The van der Waals surface area contributed by atoms with Crippen molar-refractivity contribution in [1.82, 2.24) is 9.55 Å². The van der Waals surface area contributed by atoms with Crippen molar-refractivity contribution in [2.75, 3.05) is 0 Å². The fourth-order valence-corrected chi connectivity index (χ4v) is 3.52. The van der Waals surface area contributed by atoms with Crippen molar-refractivity contribution >= 4 is 21.6 Å². The molecule has 3 aromatic rings. The Hall–Kier alpha value is -1.94. The van der Waals surface area contributed by atoms with Crippen LogP contribution in [0.25, 0.3) is 10.2 Å². The van der Waals surface area contributed by atoms with Crippen LogP contribution in [0.15, 0.2) is 29.3 Å². The number of benzene rings is 1. The van der Waals surface area contributed by atoms with E-state index in [1.54, 1.807) is 22.2 Å². The molecule has 21 heavy (non-hydrogen) atoms. The summed E-state index contributed by atoms with van der Waals surface area (Å²) in [6.45, 7) is 8.75. The second kappa shape index (κ2) is 5.11. The first-order valence-electron chi connectivity index (χ1n) is 6.98. The SMILES string of the molecule is Cc1ccc(C)c(Cn2cnc3sc(C)c(C)c3c2=O)c1. The summed E-state index contributed by atoms with van der Waals surface area (Å²) in [6, 6.07) is 6.33. The molecule has 0 spiro atoms. The normalized spacial score (nSPS) is 11.2. The fraction of sp³-hybridized carbons (Fsp3) is 0.294. The summed E-state index contributed by atoms with van der Waals surface area (Å²) in [5.74, 6) is 0. The highest BCUT2D eigenvalue weighted by Crippen LogP contribution is 2.25. The van der Waals surface area contributed by atoms with E-state index >= 15 is 0 Å². The van der Waals surface area contributed by atoms with Gasteiger partial charge >= 0.3 is 0 Å². The van der Waals surface area contributed by atoms with E-state index < -0.39 is 0 Å². The van der Waals surface area contributed by atoms with E-state index in [4.69, 9.17) is 0 Å². The van der Waals surface area contributed by atoms with E-state index in [2.05, 4.69) is 37.0 Å². The second-order valence-electron chi connectivity index (χ2n) is 5.57. The lowest BCUT2D eigenvalue weighted by Crippen LogP contribution is -2.21. The van der Waals surface area contributed by atoms with Crippen LogP contribution in [-0.2, 0) is 6.54 Å². The molecule has 3 nitrogen and oxygen atoms in total. The van der Waals surface area contributed by atoms with Crippen LogP contribution in [-0.4, -0.2) is 9.55 Å². The minimum absolute atomic E-state index is 0.0581. The van der Waals surface area contributed by atoms with Crippen LogP contribution in [0, 0.1) is 27.7 Å². The zero-order chi connectivity index (χ0) is 15.1. The van der Waals surface area contributed by atoms with Crippen LogP contribution < -0.4 is 5.56 Å². The Bertz CT molecular complexity index is 890. The Kier molecular flexibility index (Phi) is 3.41. The van der Waals surface area contributed by atoms with E-state index in [9.17, 15) is 4.79 Å². The molecule has 4 heteroatoms. The van der Waals surface area contributed by atoms with Crippen molar-refractivity contribution in [1.29, 1.82) is 0 Å². The minimum Gasteiger partial charge on any atom is -0.294 e. The highest BCUT2D eigenvalue weighted by molar-refractivity contribution is 7.18. The van der Waals surface area contributed by atoms with Crippen LogP contribution in [0.5, 0.6) is 0 Å². The van der Waals surface area contributed by atoms with Gasteiger partial charge in [-0.25, -0.2) is 4.98 Å². The Morgan fingerprint density at radius 3 is 2.71 bits per heavy atom. The number of rotatable bonds is 2. The largest absolute Gasteiger partial charge is 0.294 e. The average Bonchev–Trinajstić information content (AvgIpc) is 2.73. The van der Waals surface area contributed by atoms with Gasteiger partial charge in [0, 0.05) is 4.88 Å². The number of hydrogen-bond donors (Lipinski definition) is 0. The molecule has 2 aromatic heterocycles. The minimum atomic E-state index is 0.0581. The number of hydrogen-bond acceptors (Lipinski definition) is 3. The quantitative estimate of drug-likeness (QED) is 0.722. The first kappa shape index (κ1) is 14.0. The van der Waals surface area contributed by atoms with E-state index in [1.165, 1.54) is 21.6 Å². The molecule has 0 radical (unpaired) electrons. The summed E-state index contributed by atoms with van der Waals surface area (Å²) in [5.41, 5.74) is 4.69. The van der Waals surface area contributed by atoms with Crippen molar-refractivity contribution in [3.8, 4) is 0 Å². The maximum absolute atomic E-state index is 12.7. The van der Waals surface area contributed by atoms with Gasteiger partial charge in [0.15, 0.2) is 0 Å². The Balaban J connectivity index is 2.13. The van der Waals surface area contributed by atoms with Crippen molar-refractivity contribution in [3.05, 3.63) is 62.0 Å². The van der Waals surface area contributed by atoms with Crippen LogP contribution >= 0.6 is 11.3 Å². The van der Waals surface area contributed by atoms with Gasteiger partial charge in [-0.3, -0.25) is 9.36 Å². The first-order chi connectivity index (χ1) is 9.97.